The first-order valence-corrected chi connectivity index (χ1v) is 4.97. The van der Waals surface area contributed by atoms with E-state index in [1.807, 2.05) is 13.8 Å². The maximum atomic E-state index is 11.2. The van der Waals surface area contributed by atoms with Gasteiger partial charge in [-0.3, -0.25) is 4.79 Å². The van der Waals surface area contributed by atoms with Crippen molar-refractivity contribution in [3.8, 4) is 0 Å². The van der Waals surface area contributed by atoms with Crippen molar-refractivity contribution in [3.63, 3.8) is 0 Å². The van der Waals surface area contributed by atoms with E-state index in [1.165, 1.54) is 0 Å². The van der Waals surface area contributed by atoms with E-state index < -0.39 is 0 Å². The zero-order chi connectivity index (χ0) is 9.59. The number of rotatable bonds is 0. The number of aliphatic hydroxyl groups is 1. The van der Waals surface area contributed by atoms with E-state index in [9.17, 15) is 9.90 Å². The molecule has 5 unspecified atom stereocenters. The van der Waals surface area contributed by atoms with Gasteiger partial charge < -0.3 is 9.84 Å². The van der Waals surface area contributed by atoms with Gasteiger partial charge in [-0.25, -0.2) is 0 Å². The molecule has 0 aromatic rings. The van der Waals surface area contributed by atoms with E-state index in [-0.39, 0.29) is 30.0 Å². The molecule has 0 amide bonds. The second-order valence-corrected chi connectivity index (χ2v) is 4.41. The van der Waals surface area contributed by atoms with E-state index >= 15 is 0 Å². The summed E-state index contributed by atoms with van der Waals surface area (Å²) in [5.41, 5.74) is 0. The third kappa shape index (κ3) is 1.35. The lowest BCUT2D eigenvalue weighted by Gasteiger charge is -2.25. The number of carbonyl (C=O) groups excluding carboxylic acids is 1. The standard InChI is InChI=1S/C10H16O3/c1-5-8-3-7(10(5)12)4-9(11)13-6(8)2/h5-8,10,12H,3-4H2,1-2H3. The van der Waals surface area contributed by atoms with Crippen LogP contribution in [0.5, 0.6) is 0 Å². The fourth-order valence-electron chi connectivity index (χ4n) is 2.77. The van der Waals surface area contributed by atoms with Crippen molar-refractivity contribution < 1.29 is 14.6 Å². The van der Waals surface area contributed by atoms with Crippen molar-refractivity contribution >= 4 is 5.97 Å². The van der Waals surface area contributed by atoms with Crippen molar-refractivity contribution in [1.82, 2.24) is 0 Å². The summed E-state index contributed by atoms with van der Waals surface area (Å²) in [5.74, 6) is 0.614. The lowest BCUT2D eigenvalue weighted by molar-refractivity contribution is -0.153. The highest BCUT2D eigenvalue weighted by Crippen LogP contribution is 2.43. The quantitative estimate of drug-likeness (QED) is 0.570. The summed E-state index contributed by atoms with van der Waals surface area (Å²) >= 11 is 0. The molecule has 3 heteroatoms. The summed E-state index contributed by atoms with van der Waals surface area (Å²) in [6.45, 7) is 3.98. The van der Waals surface area contributed by atoms with Gasteiger partial charge in [0.1, 0.15) is 6.10 Å². The highest BCUT2D eigenvalue weighted by Gasteiger charge is 2.46. The first-order valence-electron chi connectivity index (χ1n) is 4.97. The molecule has 1 aliphatic heterocycles. The van der Waals surface area contributed by atoms with Crippen LogP contribution in [0, 0.1) is 17.8 Å². The van der Waals surface area contributed by atoms with Gasteiger partial charge in [-0.2, -0.15) is 0 Å². The van der Waals surface area contributed by atoms with Crippen molar-refractivity contribution in [1.29, 1.82) is 0 Å². The molecule has 1 saturated heterocycles. The molecule has 5 atom stereocenters. The molecule has 3 nitrogen and oxygen atoms in total. The number of esters is 1. The Morgan fingerprint density at radius 1 is 1.46 bits per heavy atom. The first kappa shape index (κ1) is 9.00. The number of fused-ring (bicyclic) bond motifs is 2. The van der Waals surface area contributed by atoms with Gasteiger partial charge in [0.25, 0.3) is 0 Å². The SMILES string of the molecule is CC1OC(=O)CC2CC1C(C)C2O. The van der Waals surface area contributed by atoms with Crippen LogP contribution in [0.3, 0.4) is 0 Å². The normalized spacial score (nSPS) is 50.1. The Labute approximate surface area is 78.1 Å². The Balaban J connectivity index is 2.21. The van der Waals surface area contributed by atoms with Crippen LogP contribution in [0.15, 0.2) is 0 Å². The maximum absolute atomic E-state index is 11.2. The topological polar surface area (TPSA) is 46.5 Å². The van der Waals surface area contributed by atoms with Crippen molar-refractivity contribution in [2.45, 2.75) is 38.9 Å². The predicted molar refractivity (Wildman–Crippen MR) is 46.9 cm³/mol. The summed E-state index contributed by atoms with van der Waals surface area (Å²) in [7, 11) is 0. The molecule has 2 rings (SSSR count). The van der Waals surface area contributed by atoms with Crippen LogP contribution in [0.4, 0.5) is 0 Å². The second-order valence-electron chi connectivity index (χ2n) is 4.41. The first-order chi connectivity index (χ1) is 6.09. The van der Waals surface area contributed by atoms with E-state index in [1.54, 1.807) is 0 Å². The molecule has 1 saturated carbocycles. The molecule has 0 radical (unpaired) electrons. The van der Waals surface area contributed by atoms with Gasteiger partial charge in [0, 0.05) is 5.92 Å². The van der Waals surface area contributed by atoms with Gasteiger partial charge in [-0.1, -0.05) is 6.92 Å². The van der Waals surface area contributed by atoms with Crippen LogP contribution in [0.1, 0.15) is 26.7 Å². The monoisotopic (exact) mass is 184 g/mol. The molecule has 1 heterocycles. The number of cyclic esters (lactones) is 1. The molecule has 0 aromatic heterocycles. The lowest BCUT2D eigenvalue weighted by atomic mass is 9.92. The number of hydrogen-bond acceptors (Lipinski definition) is 3. The largest absolute Gasteiger partial charge is 0.462 e. The van der Waals surface area contributed by atoms with E-state index in [2.05, 4.69) is 0 Å². The molecule has 0 spiro atoms. The lowest BCUT2D eigenvalue weighted by Crippen LogP contribution is -2.31. The van der Waals surface area contributed by atoms with Gasteiger partial charge in [0.2, 0.25) is 0 Å². The summed E-state index contributed by atoms with van der Waals surface area (Å²) in [5, 5.41) is 9.82. The van der Waals surface area contributed by atoms with Crippen molar-refractivity contribution in [2.24, 2.45) is 17.8 Å². The van der Waals surface area contributed by atoms with Gasteiger partial charge in [0.15, 0.2) is 0 Å². The van der Waals surface area contributed by atoms with Crippen LogP contribution >= 0.6 is 0 Å². The minimum Gasteiger partial charge on any atom is -0.462 e. The summed E-state index contributed by atoms with van der Waals surface area (Å²) in [4.78, 5) is 11.2. The molecule has 2 fully saturated rings. The number of ether oxygens (including phenoxy) is 1. The third-order valence-electron chi connectivity index (χ3n) is 3.62. The van der Waals surface area contributed by atoms with E-state index in [0.29, 0.717) is 12.3 Å². The average molecular weight is 184 g/mol. The molecule has 2 bridgehead atoms. The van der Waals surface area contributed by atoms with Gasteiger partial charge >= 0.3 is 5.97 Å². The average Bonchev–Trinajstić information content (AvgIpc) is 2.28. The van der Waals surface area contributed by atoms with Crippen molar-refractivity contribution in [3.05, 3.63) is 0 Å². The van der Waals surface area contributed by atoms with Crippen LogP contribution in [-0.2, 0) is 9.53 Å². The zero-order valence-corrected chi connectivity index (χ0v) is 8.06. The van der Waals surface area contributed by atoms with Crippen LogP contribution in [0.2, 0.25) is 0 Å². The summed E-state index contributed by atoms with van der Waals surface area (Å²) in [6.07, 6.45) is 1.01. The Morgan fingerprint density at radius 2 is 2.15 bits per heavy atom. The van der Waals surface area contributed by atoms with Gasteiger partial charge in [0.05, 0.1) is 12.5 Å². The highest BCUT2D eigenvalue weighted by atomic mass is 16.5. The second kappa shape index (κ2) is 2.98. The molecule has 0 aromatic carbocycles. The number of aliphatic hydroxyl groups excluding tert-OH is 1. The Hall–Kier alpha value is -0.570. The molecule has 2 aliphatic rings. The Kier molecular flexibility index (Phi) is 2.06. The van der Waals surface area contributed by atoms with E-state index in [0.717, 1.165) is 6.42 Å². The molecule has 1 N–H and O–H groups in total. The van der Waals surface area contributed by atoms with Gasteiger partial charge in [-0.05, 0) is 25.2 Å². The summed E-state index contributed by atoms with van der Waals surface area (Å²) < 4.78 is 5.21. The predicted octanol–water partition coefficient (Wildman–Crippen LogP) is 0.955. The van der Waals surface area contributed by atoms with E-state index in [4.69, 9.17) is 4.74 Å². The highest BCUT2D eigenvalue weighted by molar-refractivity contribution is 5.70. The minimum atomic E-state index is -0.305. The molecule has 13 heavy (non-hydrogen) atoms. The number of carbonyl (C=O) groups is 1. The van der Waals surface area contributed by atoms with Crippen molar-refractivity contribution in [2.75, 3.05) is 0 Å². The van der Waals surface area contributed by atoms with Crippen LogP contribution < -0.4 is 0 Å². The Bertz CT molecular complexity index is 226. The zero-order valence-electron chi connectivity index (χ0n) is 8.06. The fraction of sp³-hybridized carbons (Fsp3) is 0.900. The smallest absolute Gasteiger partial charge is 0.306 e. The summed E-state index contributed by atoms with van der Waals surface area (Å²) in [6, 6.07) is 0. The van der Waals surface area contributed by atoms with Crippen LogP contribution in [-0.4, -0.2) is 23.3 Å². The van der Waals surface area contributed by atoms with Gasteiger partial charge in [-0.15, -0.1) is 0 Å². The molecule has 1 aliphatic carbocycles. The Morgan fingerprint density at radius 3 is 2.85 bits per heavy atom. The number of hydrogen-bond donors (Lipinski definition) is 1. The van der Waals surface area contributed by atoms with Crippen LogP contribution in [0.25, 0.3) is 0 Å². The maximum Gasteiger partial charge on any atom is 0.306 e. The molecule has 74 valence electrons. The minimum absolute atomic E-state index is 0.0235. The molecular weight excluding hydrogens is 168 g/mol. The molecular formula is C10H16O3. The fourth-order valence-corrected chi connectivity index (χ4v) is 2.77. The third-order valence-corrected chi connectivity index (χ3v) is 3.62.